The molecule has 1 fully saturated rings. The first kappa shape index (κ1) is 18.4. The van der Waals surface area contributed by atoms with Gasteiger partial charge in [0.2, 0.25) is 0 Å². The molecular weight excluding hydrogens is 366 g/mol. The Kier molecular flexibility index (Phi) is 4.62. The van der Waals surface area contributed by atoms with E-state index in [1.54, 1.807) is 7.11 Å². The number of fused-ring (bicyclic) bond motifs is 2. The van der Waals surface area contributed by atoms with Crippen LogP contribution in [0.2, 0.25) is 0 Å². The number of hydrogen-bond acceptors (Lipinski definition) is 5. The summed E-state index contributed by atoms with van der Waals surface area (Å²) >= 11 is 0. The first-order chi connectivity index (χ1) is 14.1. The van der Waals surface area contributed by atoms with E-state index in [0.717, 1.165) is 48.8 Å². The van der Waals surface area contributed by atoms with Gasteiger partial charge < -0.3 is 4.74 Å². The maximum atomic E-state index is 13.2. The van der Waals surface area contributed by atoms with Crippen molar-refractivity contribution in [2.45, 2.75) is 58.3 Å². The number of nitrogens with zero attached hydrogens (tertiary/aromatic N) is 5. The normalized spacial score (nSPS) is 17.7. The summed E-state index contributed by atoms with van der Waals surface area (Å²) in [7, 11) is 1.68. The SMILES string of the molecule is COc1ccc(CN2CCn3c(nc4c(c(C)nn4C4CCCC4)c3=O)C2)cc1. The third-order valence-corrected chi connectivity index (χ3v) is 6.31. The van der Waals surface area contributed by atoms with E-state index >= 15 is 0 Å². The van der Waals surface area contributed by atoms with Gasteiger partial charge in [-0.1, -0.05) is 25.0 Å². The van der Waals surface area contributed by atoms with Crippen molar-refractivity contribution in [2.24, 2.45) is 0 Å². The lowest BCUT2D eigenvalue weighted by Crippen LogP contribution is -2.39. The topological polar surface area (TPSA) is 65.2 Å². The van der Waals surface area contributed by atoms with Crippen LogP contribution in [-0.2, 0) is 19.6 Å². The van der Waals surface area contributed by atoms with Crippen LogP contribution in [0.1, 0.15) is 48.8 Å². The van der Waals surface area contributed by atoms with Crippen LogP contribution in [0.4, 0.5) is 0 Å². The number of hydrogen-bond donors (Lipinski definition) is 0. The average molecular weight is 393 g/mol. The number of methoxy groups -OCH3 is 1. The standard InChI is InChI=1S/C22H27N5O2/c1-15-20-21(27(24-15)17-5-3-4-6-17)23-19-14-25(11-12-26(19)22(20)28)13-16-7-9-18(29-2)10-8-16/h7-10,17H,3-6,11-14H2,1-2H3. The first-order valence-electron chi connectivity index (χ1n) is 10.5. The summed E-state index contributed by atoms with van der Waals surface area (Å²) in [5, 5.41) is 5.42. The smallest absolute Gasteiger partial charge is 0.265 e. The maximum absolute atomic E-state index is 13.2. The number of ether oxygens (including phenoxy) is 1. The highest BCUT2D eigenvalue weighted by Crippen LogP contribution is 2.31. The third kappa shape index (κ3) is 3.23. The molecule has 3 aromatic rings. The molecule has 7 nitrogen and oxygen atoms in total. The Morgan fingerprint density at radius 1 is 1.14 bits per heavy atom. The van der Waals surface area contributed by atoms with Gasteiger partial charge in [-0.05, 0) is 37.5 Å². The molecule has 0 bridgehead atoms. The maximum Gasteiger partial charge on any atom is 0.265 e. The van der Waals surface area contributed by atoms with Crippen LogP contribution in [0.3, 0.4) is 0 Å². The van der Waals surface area contributed by atoms with Crippen molar-refractivity contribution >= 4 is 11.0 Å². The van der Waals surface area contributed by atoms with Gasteiger partial charge in [0.05, 0.1) is 25.4 Å². The van der Waals surface area contributed by atoms with E-state index in [1.165, 1.54) is 18.4 Å². The highest BCUT2D eigenvalue weighted by atomic mass is 16.5. The van der Waals surface area contributed by atoms with Crippen LogP contribution < -0.4 is 10.3 Å². The van der Waals surface area contributed by atoms with E-state index in [4.69, 9.17) is 14.8 Å². The molecule has 0 spiro atoms. The van der Waals surface area contributed by atoms with Crippen molar-refractivity contribution in [1.29, 1.82) is 0 Å². The lowest BCUT2D eigenvalue weighted by molar-refractivity contribution is 0.204. The Balaban J connectivity index is 1.47. The molecule has 0 unspecified atom stereocenters. The number of rotatable bonds is 4. The number of aromatic nitrogens is 4. The van der Waals surface area contributed by atoms with Crippen LogP contribution in [-0.4, -0.2) is 37.9 Å². The van der Waals surface area contributed by atoms with Crippen LogP contribution in [0.5, 0.6) is 5.75 Å². The predicted octanol–water partition coefficient (Wildman–Crippen LogP) is 3.04. The molecule has 0 radical (unpaired) electrons. The molecule has 0 N–H and O–H groups in total. The van der Waals surface area contributed by atoms with Gasteiger partial charge in [0.1, 0.15) is 17.0 Å². The molecule has 29 heavy (non-hydrogen) atoms. The minimum absolute atomic E-state index is 0.0656. The second kappa shape index (κ2) is 7.30. The molecule has 1 aliphatic carbocycles. The number of benzene rings is 1. The molecule has 152 valence electrons. The second-order valence-corrected chi connectivity index (χ2v) is 8.21. The molecule has 5 rings (SSSR count). The van der Waals surface area contributed by atoms with Crippen molar-refractivity contribution in [3.63, 3.8) is 0 Å². The fourth-order valence-corrected chi connectivity index (χ4v) is 4.73. The Labute approximate surface area is 169 Å². The monoisotopic (exact) mass is 393 g/mol. The first-order valence-corrected chi connectivity index (χ1v) is 10.5. The Morgan fingerprint density at radius 3 is 2.62 bits per heavy atom. The molecule has 0 amide bonds. The zero-order chi connectivity index (χ0) is 20.0. The minimum Gasteiger partial charge on any atom is -0.497 e. The predicted molar refractivity (Wildman–Crippen MR) is 111 cm³/mol. The molecule has 3 heterocycles. The summed E-state index contributed by atoms with van der Waals surface area (Å²) in [5.41, 5.74) is 2.88. The molecular formula is C22H27N5O2. The zero-order valence-corrected chi connectivity index (χ0v) is 17.1. The molecule has 7 heteroatoms. The van der Waals surface area contributed by atoms with E-state index in [9.17, 15) is 4.79 Å². The molecule has 1 aromatic carbocycles. The molecule has 2 aromatic heterocycles. The van der Waals surface area contributed by atoms with Gasteiger partial charge in [-0.3, -0.25) is 14.3 Å². The Bertz CT molecular complexity index is 1090. The van der Waals surface area contributed by atoms with E-state index < -0.39 is 0 Å². The van der Waals surface area contributed by atoms with Crippen LogP contribution in [0.25, 0.3) is 11.0 Å². The van der Waals surface area contributed by atoms with Crippen molar-refractivity contribution < 1.29 is 4.74 Å². The van der Waals surface area contributed by atoms with Crippen LogP contribution in [0, 0.1) is 6.92 Å². The van der Waals surface area contributed by atoms with Crippen molar-refractivity contribution in [3.05, 3.63) is 51.7 Å². The van der Waals surface area contributed by atoms with E-state index in [1.807, 2.05) is 28.3 Å². The quantitative estimate of drug-likeness (QED) is 0.682. The fourth-order valence-electron chi connectivity index (χ4n) is 4.73. The lowest BCUT2D eigenvalue weighted by Gasteiger charge is -2.29. The van der Waals surface area contributed by atoms with Crippen LogP contribution >= 0.6 is 0 Å². The molecule has 0 saturated heterocycles. The van der Waals surface area contributed by atoms with E-state index in [0.29, 0.717) is 24.5 Å². The summed E-state index contributed by atoms with van der Waals surface area (Å²) in [5.74, 6) is 1.71. The zero-order valence-electron chi connectivity index (χ0n) is 17.1. The molecule has 0 atom stereocenters. The van der Waals surface area contributed by atoms with Crippen molar-refractivity contribution in [3.8, 4) is 5.75 Å². The largest absolute Gasteiger partial charge is 0.497 e. The van der Waals surface area contributed by atoms with E-state index in [-0.39, 0.29) is 5.56 Å². The van der Waals surface area contributed by atoms with Gasteiger partial charge in [0.25, 0.3) is 5.56 Å². The summed E-state index contributed by atoms with van der Waals surface area (Å²) in [4.78, 5) is 20.5. The van der Waals surface area contributed by atoms with Crippen molar-refractivity contribution in [2.75, 3.05) is 13.7 Å². The second-order valence-electron chi connectivity index (χ2n) is 8.21. The van der Waals surface area contributed by atoms with Crippen molar-refractivity contribution in [1.82, 2.24) is 24.2 Å². The highest BCUT2D eigenvalue weighted by Gasteiger charge is 2.26. The van der Waals surface area contributed by atoms with Crippen LogP contribution in [0.15, 0.2) is 29.1 Å². The summed E-state index contributed by atoms with van der Waals surface area (Å²) in [6, 6.07) is 8.54. The average Bonchev–Trinajstić information content (AvgIpc) is 3.37. The lowest BCUT2D eigenvalue weighted by atomic mass is 10.2. The third-order valence-electron chi connectivity index (χ3n) is 6.31. The minimum atomic E-state index is 0.0656. The van der Waals surface area contributed by atoms with Gasteiger partial charge in [-0.2, -0.15) is 5.10 Å². The molecule has 1 saturated carbocycles. The van der Waals surface area contributed by atoms with Gasteiger partial charge in [0.15, 0.2) is 5.65 Å². The fraction of sp³-hybridized carbons (Fsp3) is 0.500. The highest BCUT2D eigenvalue weighted by molar-refractivity contribution is 5.77. The summed E-state index contributed by atoms with van der Waals surface area (Å²) in [6.45, 7) is 4.94. The summed E-state index contributed by atoms with van der Waals surface area (Å²) in [6.07, 6.45) is 4.70. The van der Waals surface area contributed by atoms with Gasteiger partial charge in [-0.25, -0.2) is 9.67 Å². The Morgan fingerprint density at radius 2 is 1.90 bits per heavy atom. The van der Waals surface area contributed by atoms with Gasteiger partial charge >= 0.3 is 0 Å². The van der Waals surface area contributed by atoms with Gasteiger partial charge in [-0.15, -0.1) is 0 Å². The number of aryl methyl sites for hydroxylation is 1. The summed E-state index contributed by atoms with van der Waals surface area (Å²) < 4.78 is 9.12. The van der Waals surface area contributed by atoms with Gasteiger partial charge in [0, 0.05) is 19.6 Å². The molecule has 1 aliphatic heterocycles. The Hall–Kier alpha value is -2.67. The molecule has 2 aliphatic rings. The van der Waals surface area contributed by atoms with E-state index in [2.05, 4.69) is 17.0 Å².